The molecule has 1 aromatic carbocycles. The first-order valence-electron chi connectivity index (χ1n) is 8.43. The molecule has 136 valence electrons. The molecule has 0 radical (unpaired) electrons. The zero-order chi connectivity index (χ0) is 18.7. The maximum Gasteiger partial charge on any atom is 0.257 e. The average molecular weight is 355 g/mol. The molecule has 0 aliphatic carbocycles. The summed E-state index contributed by atoms with van der Waals surface area (Å²) in [5.41, 5.74) is 0.333. The molecular formula is C18H21N5O3. The molecule has 3 rings (SSSR count). The third-order valence-electron chi connectivity index (χ3n) is 4.18. The number of ether oxygens (including phenoxy) is 1. The fraction of sp³-hybridized carbons (Fsp3) is 0.333. The van der Waals surface area contributed by atoms with Crippen LogP contribution in [-0.4, -0.2) is 32.8 Å². The number of hydrogen-bond donors (Lipinski definition) is 2. The Labute approximate surface area is 150 Å². The Kier molecular flexibility index (Phi) is 5.01. The zero-order valence-electron chi connectivity index (χ0n) is 14.9. The first-order valence-corrected chi connectivity index (χ1v) is 8.43. The highest BCUT2D eigenvalue weighted by Crippen LogP contribution is 2.17. The van der Waals surface area contributed by atoms with Gasteiger partial charge in [0.2, 0.25) is 5.43 Å². The first kappa shape index (κ1) is 17.7. The molecule has 0 saturated carbocycles. The largest absolute Gasteiger partial charge is 0.497 e. The lowest BCUT2D eigenvalue weighted by Crippen LogP contribution is -2.32. The fourth-order valence-electron chi connectivity index (χ4n) is 2.84. The molecule has 0 fully saturated rings. The van der Waals surface area contributed by atoms with Crippen molar-refractivity contribution >= 4 is 16.8 Å². The van der Waals surface area contributed by atoms with Crippen molar-refractivity contribution in [3.8, 4) is 5.75 Å². The summed E-state index contributed by atoms with van der Waals surface area (Å²) >= 11 is 0. The summed E-state index contributed by atoms with van der Waals surface area (Å²) in [6.07, 6.45) is 3.99. The van der Waals surface area contributed by atoms with Crippen LogP contribution in [0, 0.1) is 0 Å². The molecule has 0 saturated heterocycles. The van der Waals surface area contributed by atoms with Crippen LogP contribution in [0.25, 0.3) is 10.9 Å². The van der Waals surface area contributed by atoms with E-state index in [0.29, 0.717) is 22.5 Å². The maximum absolute atomic E-state index is 12.7. The topological polar surface area (TPSA) is 102 Å². The van der Waals surface area contributed by atoms with Gasteiger partial charge in [-0.2, -0.15) is 0 Å². The normalized spacial score (nSPS) is 12.1. The van der Waals surface area contributed by atoms with Crippen molar-refractivity contribution in [1.29, 1.82) is 0 Å². The van der Waals surface area contributed by atoms with E-state index in [0.717, 1.165) is 13.0 Å². The number of carbonyl (C=O) groups is 1. The summed E-state index contributed by atoms with van der Waals surface area (Å²) < 4.78 is 7.05. The Balaban J connectivity index is 1.89. The molecule has 8 heteroatoms. The highest BCUT2D eigenvalue weighted by atomic mass is 16.5. The molecule has 0 bridgehead atoms. The van der Waals surface area contributed by atoms with Gasteiger partial charge in [-0.3, -0.25) is 9.59 Å². The van der Waals surface area contributed by atoms with E-state index in [1.807, 2.05) is 11.5 Å². The third kappa shape index (κ3) is 3.30. The summed E-state index contributed by atoms with van der Waals surface area (Å²) in [4.78, 5) is 28.3. The lowest BCUT2D eigenvalue weighted by Gasteiger charge is -2.14. The van der Waals surface area contributed by atoms with Crippen molar-refractivity contribution in [2.24, 2.45) is 0 Å². The van der Waals surface area contributed by atoms with Crippen LogP contribution >= 0.6 is 0 Å². The maximum atomic E-state index is 12.7. The molecular weight excluding hydrogens is 334 g/mol. The Morgan fingerprint density at radius 3 is 2.96 bits per heavy atom. The van der Waals surface area contributed by atoms with E-state index >= 15 is 0 Å². The number of aromatic nitrogens is 4. The fourth-order valence-corrected chi connectivity index (χ4v) is 2.84. The molecule has 0 aliphatic rings. The Morgan fingerprint density at radius 2 is 2.23 bits per heavy atom. The highest BCUT2D eigenvalue weighted by Gasteiger charge is 2.19. The number of aryl methyl sites for hydroxylation is 1. The van der Waals surface area contributed by atoms with Gasteiger partial charge in [-0.15, -0.1) is 10.2 Å². The van der Waals surface area contributed by atoms with Crippen LogP contribution in [0.4, 0.5) is 0 Å². The molecule has 3 aromatic rings. The summed E-state index contributed by atoms with van der Waals surface area (Å²) in [5, 5.41) is 11.2. The number of hydrogen-bond acceptors (Lipinski definition) is 5. The lowest BCUT2D eigenvalue weighted by atomic mass is 10.1. The van der Waals surface area contributed by atoms with Crippen molar-refractivity contribution in [2.45, 2.75) is 32.9 Å². The van der Waals surface area contributed by atoms with Crippen LogP contribution in [0.5, 0.6) is 5.75 Å². The number of rotatable bonds is 6. The van der Waals surface area contributed by atoms with Crippen LogP contribution in [-0.2, 0) is 6.54 Å². The minimum Gasteiger partial charge on any atom is -0.497 e. The van der Waals surface area contributed by atoms with E-state index in [1.165, 1.54) is 13.3 Å². The van der Waals surface area contributed by atoms with Gasteiger partial charge in [0.1, 0.15) is 17.6 Å². The van der Waals surface area contributed by atoms with Crippen molar-refractivity contribution in [1.82, 2.24) is 25.1 Å². The average Bonchev–Trinajstić information content (AvgIpc) is 3.10. The van der Waals surface area contributed by atoms with Gasteiger partial charge in [-0.1, -0.05) is 6.92 Å². The van der Waals surface area contributed by atoms with E-state index in [2.05, 4.69) is 27.4 Å². The second-order valence-electron chi connectivity index (χ2n) is 6.02. The summed E-state index contributed by atoms with van der Waals surface area (Å²) in [6, 6.07) is 4.73. The number of amides is 1. The number of nitrogens with one attached hydrogen (secondary N) is 2. The first-order chi connectivity index (χ1) is 12.5. The van der Waals surface area contributed by atoms with Gasteiger partial charge in [-0.05, 0) is 31.5 Å². The van der Waals surface area contributed by atoms with Gasteiger partial charge in [0.05, 0.1) is 13.2 Å². The number of carbonyl (C=O) groups excluding carboxylic acids is 1. The van der Waals surface area contributed by atoms with Crippen LogP contribution in [0.2, 0.25) is 0 Å². The molecule has 0 aliphatic heterocycles. The predicted octanol–water partition coefficient (Wildman–Crippen LogP) is 2.03. The second kappa shape index (κ2) is 7.38. The van der Waals surface area contributed by atoms with Gasteiger partial charge in [0.15, 0.2) is 5.82 Å². The van der Waals surface area contributed by atoms with Crippen molar-refractivity contribution in [3.63, 3.8) is 0 Å². The summed E-state index contributed by atoms with van der Waals surface area (Å²) in [5.74, 6) is 0.746. The molecule has 8 nitrogen and oxygen atoms in total. The molecule has 2 heterocycles. The van der Waals surface area contributed by atoms with Gasteiger partial charge >= 0.3 is 0 Å². The van der Waals surface area contributed by atoms with Gasteiger partial charge in [-0.25, -0.2) is 0 Å². The van der Waals surface area contributed by atoms with E-state index in [4.69, 9.17) is 4.74 Å². The predicted molar refractivity (Wildman–Crippen MR) is 97.3 cm³/mol. The lowest BCUT2D eigenvalue weighted by molar-refractivity contribution is 0.0936. The Hall–Kier alpha value is -3.16. The number of benzene rings is 1. The highest BCUT2D eigenvalue weighted by molar-refractivity contribution is 5.97. The van der Waals surface area contributed by atoms with Crippen LogP contribution in [0.1, 0.15) is 42.5 Å². The standard InChI is InChI=1S/C18H21N5O3/c1-4-7-23-10-20-22-17(23)11(2)21-18(25)14-9-19-15-6-5-12(26-3)8-13(15)16(14)24/h5-6,8-11H,4,7H2,1-3H3,(H,19,24)(H,21,25)/t11-/m1/s1. The van der Waals surface area contributed by atoms with E-state index < -0.39 is 5.91 Å². The molecule has 1 atom stereocenters. The van der Waals surface area contributed by atoms with Crippen molar-refractivity contribution in [2.75, 3.05) is 7.11 Å². The summed E-state index contributed by atoms with van der Waals surface area (Å²) in [7, 11) is 1.53. The SMILES string of the molecule is CCCn1cnnc1[C@@H](C)NC(=O)c1c[nH]c2ccc(OC)cc2c1=O. The van der Waals surface area contributed by atoms with E-state index in [-0.39, 0.29) is 17.0 Å². The number of methoxy groups -OCH3 is 1. The molecule has 0 unspecified atom stereocenters. The van der Waals surface area contributed by atoms with Gasteiger partial charge < -0.3 is 19.6 Å². The minimum atomic E-state index is -0.463. The molecule has 2 aromatic heterocycles. The minimum absolute atomic E-state index is 0.0409. The van der Waals surface area contributed by atoms with Crippen LogP contribution < -0.4 is 15.5 Å². The molecule has 0 spiro atoms. The van der Waals surface area contributed by atoms with Gasteiger partial charge in [0.25, 0.3) is 5.91 Å². The number of fused-ring (bicyclic) bond motifs is 1. The number of aromatic amines is 1. The van der Waals surface area contributed by atoms with E-state index in [9.17, 15) is 9.59 Å². The number of nitrogens with zero attached hydrogens (tertiary/aromatic N) is 3. The molecule has 1 amide bonds. The van der Waals surface area contributed by atoms with E-state index in [1.54, 1.807) is 24.5 Å². The summed E-state index contributed by atoms with van der Waals surface area (Å²) in [6.45, 7) is 4.63. The molecule has 26 heavy (non-hydrogen) atoms. The van der Waals surface area contributed by atoms with Gasteiger partial charge in [0, 0.05) is 23.6 Å². The zero-order valence-corrected chi connectivity index (χ0v) is 14.9. The monoisotopic (exact) mass is 355 g/mol. The van der Waals surface area contributed by atoms with Crippen LogP contribution in [0.15, 0.2) is 35.5 Å². The molecule has 2 N–H and O–H groups in total. The van der Waals surface area contributed by atoms with Crippen molar-refractivity contribution < 1.29 is 9.53 Å². The quantitative estimate of drug-likeness (QED) is 0.704. The Morgan fingerprint density at radius 1 is 1.42 bits per heavy atom. The number of pyridine rings is 1. The second-order valence-corrected chi connectivity index (χ2v) is 6.02. The van der Waals surface area contributed by atoms with Crippen LogP contribution in [0.3, 0.4) is 0 Å². The third-order valence-corrected chi connectivity index (χ3v) is 4.18. The smallest absolute Gasteiger partial charge is 0.257 e. The van der Waals surface area contributed by atoms with Crippen molar-refractivity contribution in [3.05, 3.63) is 52.3 Å². The Bertz CT molecular complexity index is 992. The number of H-pyrrole nitrogens is 1.